The number of Topliss-reactive ketones (excluding diaryl/α,β-unsaturated/α-hetero) is 2. The first-order valence-corrected chi connectivity index (χ1v) is 8.90. The Labute approximate surface area is 162 Å². The Kier molecular flexibility index (Phi) is 4.45. The van der Waals surface area contributed by atoms with Gasteiger partial charge in [-0.2, -0.15) is 0 Å². The summed E-state index contributed by atoms with van der Waals surface area (Å²) in [5.41, 5.74) is 2.27. The third-order valence-corrected chi connectivity index (χ3v) is 4.85. The molecule has 0 spiro atoms. The molecule has 0 radical (unpaired) electrons. The van der Waals surface area contributed by atoms with Crippen molar-refractivity contribution in [3.05, 3.63) is 114 Å². The van der Waals surface area contributed by atoms with Crippen molar-refractivity contribution in [2.24, 2.45) is 0 Å². The van der Waals surface area contributed by atoms with E-state index in [1.165, 1.54) is 4.90 Å². The first-order chi connectivity index (χ1) is 13.6. The Morgan fingerprint density at radius 3 is 2.04 bits per heavy atom. The van der Waals surface area contributed by atoms with Gasteiger partial charge in [0, 0.05) is 11.1 Å². The number of carbonyl (C=O) groups excluding carboxylic acids is 3. The molecular formula is C24H17NO3. The molecule has 1 aliphatic rings. The lowest BCUT2D eigenvalue weighted by Gasteiger charge is -2.29. The molecule has 1 heterocycles. The Bertz CT molecular complexity index is 1090. The van der Waals surface area contributed by atoms with Gasteiger partial charge in [0.05, 0.1) is 17.3 Å². The lowest BCUT2D eigenvalue weighted by molar-refractivity contribution is -0.114. The van der Waals surface area contributed by atoms with Gasteiger partial charge in [-0.3, -0.25) is 19.3 Å². The lowest BCUT2D eigenvalue weighted by atomic mass is 9.92. The quantitative estimate of drug-likeness (QED) is 0.382. The number of hydrogen-bond acceptors (Lipinski definition) is 3. The fourth-order valence-electron chi connectivity index (χ4n) is 3.51. The zero-order valence-electron chi connectivity index (χ0n) is 15.0. The van der Waals surface area contributed by atoms with E-state index >= 15 is 0 Å². The van der Waals surface area contributed by atoms with Crippen LogP contribution in [-0.4, -0.2) is 17.5 Å². The highest BCUT2D eigenvalue weighted by molar-refractivity contribution is 6.52. The minimum absolute atomic E-state index is 0.232. The number of para-hydroxylation sites is 1. The second kappa shape index (κ2) is 7.08. The molecule has 1 unspecified atom stereocenters. The largest absolute Gasteiger partial charge is 0.300 e. The number of anilines is 1. The van der Waals surface area contributed by atoms with Gasteiger partial charge in [-0.05, 0) is 17.7 Å². The number of benzene rings is 3. The molecule has 1 aliphatic heterocycles. The number of nitrogens with zero attached hydrogens (tertiary/aromatic N) is 1. The first-order valence-electron chi connectivity index (χ1n) is 8.90. The summed E-state index contributed by atoms with van der Waals surface area (Å²) in [4.78, 5) is 39.8. The summed E-state index contributed by atoms with van der Waals surface area (Å²) in [5.74, 6) is -1.49. The van der Waals surface area contributed by atoms with E-state index in [4.69, 9.17) is 0 Å². The molecular weight excluding hydrogens is 350 g/mol. The Morgan fingerprint density at radius 2 is 1.36 bits per heavy atom. The average molecular weight is 367 g/mol. The molecule has 0 fully saturated rings. The average Bonchev–Trinajstić information content (AvgIpc) is 3.00. The van der Waals surface area contributed by atoms with Crippen LogP contribution in [0.15, 0.2) is 97.1 Å². The maximum absolute atomic E-state index is 13.1. The molecule has 28 heavy (non-hydrogen) atoms. The molecule has 1 amide bonds. The van der Waals surface area contributed by atoms with Crippen molar-refractivity contribution in [1.82, 2.24) is 0 Å². The molecule has 0 saturated heterocycles. The standard InChI is InChI=1S/C24H17NO3/c1-16(22(26)18-12-6-3-7-13-18)21(17-10-4-2-5-11-17)25-20-15-9-8-14-19(20)23(27)24(25)28/h2-15,21H,1H2. The van der Waals surface area contributed by atoms with Gasteiger partial charge < -0.3 is 0 Å². The molecule has 0 N–H and O–H groups in total. The zero-order chi connectivity index (χ0) is 19.7. The number of rotatable bonds is 5. The maximum atomic E-state index is 13.1. The van der Waals surface area contributed by atoms with Crippen molar-refractivity contribution in [3.8, 4) is 0 Å². The number of ketones is 2. The van der Waals surface area contributed by atoms with Crippen LogP contribution in [0.25, 0.3) is 0 Å². The molecule has 136 valence electrons. The molecule has 4 nitrogen and oxygen atoms in total. The van der Waals surface area contributed by atoms with Gasteiger partial charge in [-0.1, -0.05) is 79.4 Å². The number of fused-ring (bicyclic) bond motifs is 1. The highest BCUT2D eigenvalue weighted by Crippen LogP contribution is 2.39. The third-order valence-electron chi connectivity index (χ3n) is 4.85. The van der Waals surface area contributed by atoms with Crippen LogP contribution >= 0.6 is 0 Å². The van der Waals surface area contributed by atoms with E-state index in [2.05, 4.69) is 6.58 Å². The second-order valence-corrected chi connectivity index (χ2v) is 6.56. The van der Waals surface area contributed by atoms with Crippen LogP contribution < -0.4 is 4.90 Å². The van der Waals surface area contributed by atoms with E-state index < -0.39 is 17.7 Å². The Morgan fingerprint density at radius 1 is 0.786 bits per heavy atom. The van der Waals surface area contributed by atoms with Crippen LogP contribution in [0, 0.1) is 0 Å². The molecule has 0 bridgehead atoms. The maximum Gasteiger partial charge on any atom is 0.300 e. The Hall–Kier alpha value is -3.79. The van der Waals surface area contributed by atoms with E-state index in [1.807, 2.05) is 36.4 Å². The first kappa shape index (κ1) is 17.6. The van der Waals surface area contributed by atoms with E-state index in [9.17, 15) is 14.4 Å². The van der Waals surface area contributed by atoms with Gasteiger partial charge in [0.15, 0.2) is 5.78 Å². The lowest BCUT2D eigenvalue weighted by Crippen LogP contribution is -2.36. The number of hydrogen-bond donors (Lipinski definition) is 0. The van der Waals surface area contributed by atoms with Crippen molar-refractivity contribution < 1.29 is 14.4 Å². The Balaban J connectivity index is 1.84. The minimum Gasteiger partial charge on any atom is -0.293 e. The zero-order valence-corrected chi connectivity index (χ0v) is 15.0. The molecule has 4 rings (SSSR count). The number of carbonyl (C=O) groups is 3. The monoisotopic (exact) mass is 367 g/mol. The van der Waals surface area contributed by atoms with Crippen molar-refractivity contribution >= 4 is 23.2 Å². The summed E-state index contributed by atoms with van der Waals surface area (Å²) in [5, 5.41) is 0. The molecule has 3 aromatic carbocycles. The van der Waals surface area contributed by atoms with Gasteiger partial charge in [0.2, 0.25) is 0 Å². The van der Waals surface area contributed by atoms with Gasteiger partial charge >= 0.3 is 0 Å². The van der Waals surface area contributed by atoms with Gasteiger partial charge in [-0.15, -0.1) is 0 Å². The van der Waals surface area contributed by atoms with Crippen molar-refractivity contribution in [2.45, 2.75) is 6.04 Å². The molecule has 1 atom stereocenters. The van der Waals surface area contributed by atoms with Gasteiger partial charge in [-0.25, -0.2) is 0 Å². The predicted molar refractivity (Wildman–Crippen MR) is 107 cm³/mol. The highest BCUT2D eigenvalue weighted by atomic mass is 16.2. The molecule has 0 saturated carbocycles. The number of amides is 1. The molecule has 3 aromatic rings. The SMILES string of the molecule is C=C(C(=O)c1ccccc1)C(c1ccccc1)N1C(=O)C(=O)c2ccccc21. The third kappa shape index (κ3) is 2.85. The predicted octanol–water partition coefficient (Wildman–Crippen LogP) is 4.40. The van der Waals surface area contributed by atoms with Crippen molar-refractivity contribution in [2.75, 3.05) is 4.90 Å². The normalized spacial score (nSPS) is 13.9. The van der Waals surface area contributed by atoms with E-state index in [1.54, 1.807) is 48.5 Å². The second-order valence-electron chi connectivity index (χ2n) is 6.56. The van der Waals surface area contributed by atoms with Crippen LogP contribution in [0.2, 0.25) is 0 Å². The van der Waals surface area contributed by atoms with Crippen LogP contribution in [0.1, 0.15) is 32.3 Å². The minimum atomic E-state index is -0.769. The topological polar surface area (TPSA) is 54.5 Å². The van der Waals surface area contributed by atoms with E-state index in [0.717, 1.165) is 5.56 Å². The smallest absolute Gasteiger partial charge is 0.293 e. The summed E-state index contributed by atoms with van der Waals surface area (Å²) in [7, 11) is 0. The summed E-state index contributed by atoms with van der Waals surface area (Å²) >= 11 is 0. The molecule has 0 aliphatic carbocycles. The van der Waals surface area contributed by atoms with E-state index in [-0.39, 0.29) is 11.4 Å². The summed E-state index contributed by atoms with van der Waals surface area (Å²) in [6.07, 6.45) is 0. The van der Waals surface area contributed by atoms with E-state index in [0.29, 0.717) is 16.8 Å². The fourth-order valence-corrected chi connectivity index (χ4v) is 3.51. The van der Waals surface area contributed by atoms with Gasteiger partial charge in [0.25, 0.3) is 11.7 Å². The summed E-state index contributed by atoms with van der Waals surface area (Å²) in [6, 6.07) is 24.0. The van der Waals surface area contributed by atoms with Crippen LogP contribution in [0.4, 0.5) is 5.69 Å². The van der Waals surface area contributed by atoms with Crippen LogP contribution in [0.3, 0.4) is 0 Å². The highest BCUT2D eigenvalue weighted by Gasteiger charge is 2.42. The summed E-state index contributed by atoms with van der Waals surface area (Å²) in [6.45, 7) is 4.03. The van der Waals surface area contributed by atoms with Crippen molar-refractivity contribution in [3.63, 3.8) is 0 Å². The van der Waals surface area contributed by atoms with Crippen LogP contribution in [0.5, 0.6) is 0 Å². The van der Waals surface area contributed by atoms with Crippen LogP contribution in [-0.2, 0) is 4.79 Å². The van der Waals surface area contributed by atoms with Gasteiger partial charge in [0.1, 0.15) is 0 Å². The fraction of sp³-hybridized carbons (Fsp3) is 0.0417. The molecule has 4 heteroatoms. The summed E-state index contributed by atoms with van der Waals surface area (Å²) < 4.78 is 0. The van der Waals surface area contributed by atoms with Crippen molar-refractivity contribution in [1.29, 1.82) is 0 Å². The molecule has 0 aromatic heterocycles.